The Hall–Kier alpha value is -3.47. The predicted molar refractivity (Wildman–Crippen MR) is 176 cm³/mol. The van der Waals surface area contributed by atoms with E-state index in [2.05, 4.69) is 20.0 Å². The third kappa shape index (κ3) is 7.03. The maximum absolute atomic E-state index is 15.1. The molecule has 50 heavy (non-hydrogen) atoms. The van der Waals surface area contributed by atoms with E-state index in [4.69, 9.17) is 38.4 Å². The first-order valence-electron chi connectivity index (χ1n) is 16.2. The monoisotopic (exact) mass is 746 g/mol. The number of nitrogen functional groups attached to an aromatic ring is 1. The lowest BCUT2D eigenvalue weighted by molar-refractivity contribution is -0.140. The minimum Gasteiger partial charge on any atom is -0.467 e. The van der Waals surface area contributed by atoms with Crippen LogP contribution in [0, 0.1) is 5.82 Å². The van der Waals surface area contributed by atoms with E-state index in [-0.39, 0.29) is 42.2 Å². The number of nitrogens with zero attached hydrogens (tertiary/aromatic N) is 7. The number of hydrogen-bond acceptors (Lipinski definition) is 9. The second-order valence-electron chi connectivity index (χ2n) is 12.9. The van der Waals surface area contributed by atoms with Crippen LogP contribution in [-0.2, 0) is 37.0 Å². The molecule has 11 nitrogen and oxygen atoms in total. The summed E-state index contributed by atoms with van der Waals surface area (Å²) in [5.74, 6) is -1.18. The van der Waals surface area contributed by atoms with Crippen LogP contribution in [-0.4, -0.2) is 88.5 Å². The topological polar surface area (TPSA) is 115 Å². The molecule has 4 aliphatic heterocycles. The highest BCUT2D eigenvalue weighted by Crippen LogP contribution is 2.46. The molecule has 3 atom stereocenters. The minimum atomic E-state index is -4.96. The van der Waals surface area contributed by atoms with Crippen molar-refractivity contribution in [3.63, 3.8) is 0 Å². The number of fused-ring (bicyclic) bond motifs is 3. The Morgan fingerprint density at radius 3 is 2.60 bits per heavy atom. The van der Waals surface area contributed by atoms with Gasteiger partial charge < -0.3 is 25.0 Å². The molecule has 1 aromatic carbocycles. The number of aromatic nitrogens is 4. The largest absolute Gasteiger partial charge is 0.467 e. The van der Waals surface area contributed by atoms with Gasteiger partial charge in [-0.1, -0.05) is 23.2 Å². The molecule has 4 aliphatic rings. The van der Waals surface area contributed by atoms with Crippen molar-refractivity contribution in [3.05, 3.63) is 55.7 Å². The lowest BCUT2D eigenvalue weighted by atomic mass is 9.93. The summed E-state index contributed by atoms with van der Waals surface area (Å²) in [5, 5.41) is 3.90. The number of hydrogen-bond donors (Lipinski definition) is 1. The van der Waals surface area contributed by atoms with Crippen LogP contribution in [0.1, 0.15) is 70.4 Å². The number of rotatable bonds is 4. The molecule has 18 heteroatoms. The van der Waals surface area contributed by atoms with Gasteiger partial charge in [-0.3, -0.25) is 14.4 Å². The zero-order valence-electron chi connectivity index (χ0n) is 27.7. The van der Waals surface area contributed by atoms with Crippen LogP contribution in [0.4, 0.5) is 33.5 Å². The molecule has 0 aliphatic carbocycles. The molecule has 2 saturated heterocycles. The third-order valence-electron chi connectivity index (χ3n) is 9.43. The van der Waals surface area contributed by atoms with E-state index in [1.807, 2.05) is 4.90 Å². The zero-order valence-corrected chi connectivity index (χ0v) is 29.2. The van der Waals surface area contributed by atoms with Crippen molar-refractivity contribution < 1.29 is 36.2 Å². The van der Waals surface area contributed by atoms with Crippen LogP contribution < -0.4 is 15.4 Å². The second-order valence-corrected chi connectivity index (χ2v) is 13.7. The predicted octanol–water partition coefficient (Wildman–Crippen LogP) is 5.85. The number of halogens is 7. The summed E-state index contributed by atoms with van der Waals surface area (Å²) in [5.41, 5.74) is 4.52. The van der Waals surface area contributed by atoms with E-state index < -0.39 is 46.1 Å². The van der Waals surface area contributed by atoms with Crippen molar-refractivity contribution in [2.75, 3.05) is 51.5 Å². The van der Waals surface area contributed by atoms with Crippen LogP contribution in [0.2, 0.25) is 10.0 Å². The molecule has 6 heterocycles. The van der Waals surface area contributed by atoms with E-state index in [1.54, 1.807) is 18.8 Å². The van der Waals surface area contributed by atoms with Gasteiger partial charge in [0.05, 0.1) is 59.0 Å². The van der Waals surface area contributed by atoms with Crippen LogP contribution in [0.5, 0.6) is 6.01 Å². The van der Waals surface area contributed by atoms with Gasteiger partial charge in [-0.2, -0.15) is 28.2 Å². The number of alkyl halides is 4. The molecule has 7 rings (SSSR count). The lowest BCUT2D eigenvalue weighted by Gasteiger charge is -2.31. The van der Waals surface area contributed by atoms with Crippen molar-refractivity contribution in [1.82, 2.24) is 29.5 Å². The fraction of sp³-hybridized carbons (Fsp3) is 0.562. The van der Waals surface area contributed by atoms with Crippen LogP contribution in [0.15, 0.2) is 6.07 Å². The number of nitrogens with two attached hydrogens (primary N) is 1. The van der Waals surface area contributed by atoms with Gasteiger partial charge in [0.2, 0.25) is 0 Å². The quantitative estimate of drug-likeness (QED) is 0.260. The Balaban J connectivity index is 0.000000412. The Morgan fingerprint density at radius 2 is 1.92 bits per heavy atom. The van der Waals surface area contributed by atoms with E-state index >= 15 is 4.39 Å². The highest BCUT2D eigenvalue weighted by Gasteiger charge is 2.42. The Bertz CT molecular complexity index is 1760. The molecule has 0 saturated carbocycles. The summed E-state index contributed by atoms with van der Waals surface area (Å²) in [7, 11) is 4.56. The van der Waals surface area contributed by atoms with E-state index in [1.165, 1.54) is 24.9 Å². The Labute approximate surface area is 295 Å². The van der Waals surface area contributed by atoms with Gasteiger partial charge in [0.15, 0.2) is 11.5 Å². The molecule has 0 spiro atoms. The number of anilines is 2. The average Bonchev–Trinajstić information content (AvgIpc) is 3.68. The Morgan fingerprint density at radius 1 is 1.16 bits per heavy atom. The number of benzene rings is 1. The molecular formula is C32H37Cl2F5N8O3. The van der Waals surface area contributed by atoms with Crippen molar-refractivity contribution >= 4 is 40.6 Å². The number of aryl methyl sites for hydroxylation is 1. The van der Waals surface area contributed by atoms with Crippen molar-refractivity contribution in [2.24, 2.45) is 0 Å². The molecule has 0 radical (unpaired) electrons. The fourth-order valence-corrected chi connectivity index (χ4v) is 7.67. The number of carbonyl (C=O) groups excluding carboxylic acids is 1. The number of amides is 1. The first kappa shape index (κ1) is 36.3. The fourth-order valence-electron chi connectivity index (χ4n) is 7.06. The summed E-state index contributed by atoms with van der Waals surface area (Å²) in [6, 6.07) is 1.31. The SMILES string of the molecule is COc1nc2c(c(N3CCCn4nc(C(=O)N(C)C)c(Cl)c4C3)n1)COC(c1c(F)c(N)cc(Cl)c1C(F)(F)F)C2.FC1CC2CCCN2C1. The van der Waals surface area contributed by atoms with Gasteiger partial charge in [0.25, 0.3) is 5.91 Å². The molecule has 1 amide bonds. The zero-order chi connectivity index (χ0) is 36.1. The van der Waals surface area contributed by atoms with Gasteiger partial charge in [-0.15, -0.1) is 0 Å². The van der Waals surface area contributed by atoms with Gasteiger partial charge in [-0.25, -0.2) is 8.78 Å². The first-order valence-corrected chi connectivity index (χ1v) is 16.9. The first-order chi connectivity index (χ1) is 23.7. The number of methoxy groups -OCH3 is 1. The van der Waals surface area contributed by atoms with Gasteiger partial charge >= 0.3 is 12.2 Å². The minimum absolute atomic E-state index is 0.0335. The van der Waals surface area contributed by atoms with Crippen molar-refractivity contribution in [1.29, 1.82) is 0 Å². The summed E-state index contributed by atoms with van der Waals surface area (Å²) < 4.78 is 82.3. The normalized spacial score (nSPS) is 21.9. The van der Waals surface area contributed by atoms with Gasteiger partial charge in [-0.05, 0) is 38.3 Å². The van der Waals surface area contributed by atoms with Crippen LogP contribution in [0.25, 0.3) is 0 Å². The summed E-state index contributed by atoms with van der Waals surface area (Å²) in [6.07, 6.45) is -3.14. The van der Waals surface area contributed by atoms with Crippen LogP contribution in [0.3, 0.4) is 0 Å². The van der Waals surface area contributed by atoms with E-state index in [9.17, 15) is 22.4 Å². The standard InChI is InChI=1S/C25H25Cl2F4N7O3.C7H12FN/c1-36(2)23(39)21-19(27)15-9-37(5-4-6-38(15)35-21)22-11-10-41-16(8-14(11)33-24(34-22)40-3)17-18(25(29,30)31)12(26)7-13(32)20(17)28;8-6-4-7-2-1-3-9(7)5-6/h7,16H,4-6,8-10,32H2,1-3H3;6-7H,1-5H2. The van der Waals surface area contributed by atoms with E-state index in [0.717, 1.165) is 19.0 Å². The van der Waals surface area contributed by atoms with Gasteiger partial charge in [0, 0.05) is 57.3 Å². The third-order valence-corrected chi connectivity index (χ3v) is 10.1. The van der Waals surface area contributed by atoms with Gasteiger partial charge in [0.1, 0.15) is 12.0 Å². The smallest absolute Gasteiger partial charge is 0.418 e. The summed E-state index contributed by atoms with van der Waals surface area (Å²) >= 11 is 12.5. The highest BCUT2D eigenvalue weighted by molar-refractivity contribution is 6.34. The van der Waals surface area contributed by atoms with E-state index in [0.29, 0.717) is 54.9 Å². The summed E-state index contributed by atoms with van der Waals surface area (Å²) in [6.45, 7) is 2.85. The second kappa shape index (κ2) is 14.3. The van der Waals surface area contributed by atoms with Crippen molar-refractivity contribution in [3.8, 4) is 6.01 Å². The maximum atomic E-state index is 15.1. The lowest BCUT2D eigenvalue weighted by Crippen LogP contribution is -2.29. The highest BCUT2D eigenvalue weighted by atomic mass is 35.5. The molecule has 0 bridgehead atoms. The Kier molecular flexibility index (Phi) is 10.4. The number of ether oxygens (including phenoxy) is 2. The average molecular weight is 748 g/mol. The maximum Gasteiger partial charge on any atom is 0.418 e. The molecule has 3 unspecified atom stereocenters. The molecule has 2 N–H and O–H groups in total. The van der Waals surface area contributed by atoms with Crippen LogP contribution >= 0.6 is 23.2 Å². The summed E-state index contributed by atoms with van der Waals surface area (Å²) in [4.78, 5) is 27.0. The molecule has 3 aromatic rings. The molecule has 272 valence electrons. The molecule has 2 fully saturated rings. The van der Waals surface area contributed by atoms with Crippen molar-refractivity contribution in [2.45, 2.75) is 76.3 Å². The molecular weight excluding hydrogens is 710 g/mol. The number of carbonyl (C=O) groups is 1. The molecule has 2 aromatic heterocycles.